The zero-order valence-corrected chi connectivity index (χ0v) is 16.5. The SMILES string of the molecule is CC(C)(C)OC(=O)N1CCOCC1C(=O)N(Br)c1cn2ccsc2n1. The van der Waals surface area contributed by atoms with Gasteiger partial charge in [-0.25, -0.2) is 13.7 Å². The summed E-state index contributed by atoms with van der Waals surface area (Å²) in [6.07, 6.45) is 3.07. The van der Waals surface area contributed by atoms with Crippen molar-refractivity contribution in [2.24, 2.45) is 0 Å². The van der Waals surface area contributed by atoms with Crippen molar-refractivity contribution in [2.45, 2.75) is 32.4 Å². The smallest absolute Gasteiger partial charge is 0.411 e. The first kappa shape index (κ1) is 18.2. The van der Waals surface area contributed by atoms with Crippen LogP contribution < -0.4 is 3.93 Å². The van der Waals surface area contributed by atoms with Crippen LogP contribution in [0.25, 0.3) is 4.96 Å². The van der Waals surface area contributed by atoms with E-state index in [0.717, 1.165) is 4.96 Å². The minimum Gasteiger partial charge on any atom is -0.444 e. The summed E-state index contributed by atoms with van der Waals surface area (Å²) in [5.41, 5.74) is -0.634. The van der Waals surface area contributed by atoms with E-state index in [1.165, 1.54) is 20.2 Å². The predicted octanol–water partition coefficient (Wildman–Crippen LogP) is 2.67. The molecular weight excluding hydrogens is 412 g/mol. The van der Waals surface area contributed by atoms with Crippen molar-refractivity contribution in [3.8, 4) is 0 Å². The third-order valence-electron chi connectivity index (χ3n) is 3.52. The van der Waals surface area contributed by atoms with Crippen LogP contribution in [0.15, 0.2) is 17.8 Å². The summed E-state index contributed by atoms with van der Waals surface area (Å²) < 4.78 is 13.9. The maximum absolute atomic E-state index is 12.9. The van der Waals surface area contributed by atoms with Gasteiger partial charge >= 0.3 is 6.09 Å². The Balaban J connectivity index is 1.77. The second-order valence-electron chi connectivity index (χ2n) is 6.58. The fourth-order valence-corrected chi connectivity index (χ4v) is 3.50. The molecule has 0 bridgehead atoms. The number of ether oxygens (including phenoxy) is 2. The van der Waals surface area contributed by atoms with Crippen LogP contribution in [0.2, 0.25) is 0 Å². The lowest BCUT2D eigenvalue weighted by molar-refractivity contribution is -0.128. The molecule has 25 heavy (non-hydrogen) atoms. The Hall–Kier alpha value is -1.65. The van der Waals surface area contributed by atoms with Crippen LogP contribution in [0.4, 0.5) is 10.6 Å². The van der Waals surface area contributed by atoms with E-state index in [9.17, 15) is 9.59 Å². The largest absolute Gasteiger partial charge is 0.444 e. The summed E-state index contributed by atoms with van der Waals surface area (Å²) in [4.78, 5) is 31.9. The maximum Gasteiger partial charge on any atom is 0.411 e. The first-order valence-corrected chi connectivity index (χ1v) is 9.34. The van der Waals surface area contributed by atoms with Gasteiger partial charge in [0.2, 0.25) is 0 Å². The molecule has 1 fully saturated rings. The van der Waals surface area contributed by atoms with Crippen molar-refractivity contribution in [1.82, 2.24) is 14.3 Å². The number of hydrogen-bond acceptors (Lipinski definition) is 6. The summed E-state index contributed by atoms with van der Waals surface area (Å²) in [6.45, 7) is 6.14. The van der Waals surface area contributed by atoms with Gasteiger partial charge in [0.15, 0.2) is 10.8 Å². The Morgan fingerprint density at radius 1 is 1.48 bits per heavy atom. The number of rotatable bonds is 2. The number of halogens is 1. The van der Waals surface area contributed by atoms with Crippen LogP contribution in [-0.4, -0.2) is 57.7 Å². The second kappa shape index (κ2) is 6.93. The van der Waals surface area contributed by atoms with E-state index in [2.05, 4.69) is 21.1 Å². The highest BCUT2D eigenvalue weighted by Gasteiger charge is 2.38. The van der Waals surface area contributed by atoms with Gasteiger partial charge in [-0.2, -0.15) is 0 Å². The number of imidazole rings is 1. The molecule has 136 valence electrons. The van der Waals surface area contributed by atoms with E-state index in [4.69, 9.17) is 9.47 Å². The van der Waals surface area contributed by atoms with Crippen LogP contribution in [0.1, 0.15) is 20.8 Å². The van der Waals surface area contributed by atoms with Crippen molar-refractivity contribution < 1.29 is 19.1 Å². The monoisotopic (exact) mass is 430 g/mol. The molecule has 1 unspecified atom stereocenters. The fourth-order valence-electron chi connectivity index (χ4n) is 2.40. The van der Waals surface area contributed by atoms with Crippen LogP contribution in [-0.2, 0) is 14.3 Å². The van der Waals surface area contributed by atoms with Crippen molar-refractivity contribution in [1.29, 1.82) is 0 Å². The number of nitrogens with zero attached hydrogens (tertiary/aromatic N) is 4. The summed E-state index contributed by atoms with van der Waals surface area (Å²) in [5, 5.41) is 1.91. The van der Waals surface area contributed by atoms with Crippen LogP contribution in [0.5, 0.6) is 0 Å². The lowest BCUT2D eigenvalue weighted by Crippen LogP contribution is -2.56. The molecule has 0 aliphatic carbocycles. The zero-order valence-electron chi connectivity index (χ0n) is 14.1. The molecule has 0 saturated carbocycles. The number of fused-ring (bicyclic) bond motifs is 1. The first-order chi connectivity index (χ1) is 11.8. The third-order valence-corrected chi connectivity index (χ3v) is 5.00. The van der Waals surface area contributed by atoms with Crippen molar-refractivity contribution in [3.05, 3.63) is 17.8 Å². The van der Waals surface area contributed by atoms with Crippen molar-refractivity contribution >= 4 is 50.3 Å². The minimum atomic E-state index is -0.775. The van der Waals surface area contributed by atoms with Gasteiger partial charge in [0.1, 0.15) is 11.6 Å². The van der Waals surface area contributed by atoms with Gasteiger partial charge in [-0.1, -0.05) is 0 Å². The van der Waals surface area contributed by atoms with Crippen molar-refractivity contribution in [2.75, 3.05) is 23.7 Å². The molecule has 2 aromatic heterocycles. The van der Waals surface area contributed by atoms with Gasteiger partial charge in [-0.15, -0.1) is 11.3 Å². The molecule has 0 spiro atoms. The van der Waals surface area contributed by atoms with E-state index in [0.29, 0.717) is 19.0 Å². The summed E-state index contributed by atoms with van der Waals surface area (Å²) in [5.74, 6) is 0.114. The Kier molecular flexibility index (Phi) is 5.03. The lowest BCUT2D eigenvalue weighted by Gasteiger charge is -2.36. The number of carbonyl (C=O) groups excluding carboxylic acids is 2. The molecule has 8 nitrogen and oxygen atoms in total. The molecule has 1 saturated heterocycles. The van der Waals surface area contributed by atoms with E-state index in [1.807, 2.05) is 16.0 Å². The molecule has 10 heteroatoms. The van der Waals surface area contributed by atoms with Gasteiger partial charge < -0.3 is 9.47 Å². The average Bonchev–Trinajstić information content (AvgIpc) is 3.13. The molecule has 2 aromatic rings. The number of anilines is 1. The molecule has 2 amide bonds. The number of amides is 2. The first-order valence-electron chi connectivity index (χ1n) is 7.75. The Morgan fingerprint density at radius 2 is 2.24 bits per heavy atom. The molecule has 1 atom stereocenters. The van der Waals surface area contributed by atoms with Crippen LogP contribution >= 0.6 is 27.5 Å². The lowest BCUT2D eigenvalue weighted by atomic mass is 10.2. The summed E-state index contributed by atoms with van der Waals surface area (Å²) >= 11 is 4.73. The Bertz CT molecular complexity index is 755. The number of hydrogen-bond donors (Lipinski definition) is 0. The molecule has 0 aromatic carbocycles. The average molecular weight is 431 g/mol. The highest BCUT2D eigenvalue weighted by molar-refractivity contribution is 9.10. The molecule has 0 N–H and O–H groups in total. The number of aromatic nitrogens is 2. The third kappa shape index (κ3) is 3.96. The van der Waals surface area contributed by atoms with E-state index in [1.54, 1.807) is 27.0 Å². The molecule has 1 aliphatic heterocycles. The second-order valence-corrected chi connectivity index (χ2v) is 8.16. The standard InChI is InChI=1S/C15H19BrN4O4S/c1-15(2,3)24-14(22)19-4-6-23-9-10(19)12(21)20(16)11-8-18-5-7-25-13(18)17-11/h5,7-8,10H,4,6,9H2,1-3H3. The molecule has 3 heterocycles. The summed E-state index contributed by atoms with van der Waals surface area (Å²) in [6, 6.07) is -0.775. The fraction of sp³-hybridized carbons (Fsp3) is 0.533. The Morgan fingerprint density at radius 3 is 2.92 bits per heavy atom. The number of morpholine rings is 1. The van der Waals surface area contributed by atoms with E-state index < -0.39 is 17.7 Å². The van der Waals surface area contributed by atoms with Gasteiger partial charge in [-0.3, -0.25) is 14.1 Å². The zero-order chi connectivity index (χ0) is 18.2. The van der Waals surface area contributed by atoms with Gasteiger partial charge in [0.25, 0.3) is 5.91 Å². The minimum absolute atomic E-state index is 0.113. The maximum atomic E-state index is 12.9. The van der Waals surface area contributed by atoms with Crippen LogP contribution in [0, 0.1) is 0 Å². The topological polar surface area (TPSA) is 76.4 Å². The molecule has 0 radical (unpaired) electrons. The normalized spacial score (nSPS) is 18.4. The Labute approximate surface area is 157 Å². The quantitative estimate of drug-likeness (QED) is 0.684. The van der Waals surface area contributed by atoms with E-state index >= 15 is 0 Å². The summed E-state index contributed by atoms with van der Waals surface area (Å²) in [7, 11) is 0. The highest BCUT2D eigenvalue weighted by atomic mass is 79.9. The van der Waals surface area contributed by atoms with Crippen LogP contribution in [0.3, 0.4) is 0 Å². The number of thiazole rings is 1. The predicted molar refractivity (Wildman–Crippen MR) is 97.0 cm³/mol. The van der Waals surface area contributed by atoms with Gasteiger partial charge in [-0.05, 0) is 20.8 Å². The molecule has 1 aliphatic rings. The van der Waals surface area contributed by atoms with Gasteiger partial charge in [0.05, 0.1) is 35.6 Å². The molecule has 3 rings (SSSR count). The number of carbonyl (C=O) groups is 2. The van der Waals surface area contributed by atoms with Gasteiger partial charge in [0, 0.05) is 18.1 Å². The van der Waals surface area contributed by atoms with E-state index in [-0.39, 0.29) is 12.5 Å². The molecular formula is C15H19BrN4O4S. The van der Waals surface area contributed by atoms with Crippen molar-refractivity contribution in [3.63, 3.8) is 0 Å². The highest BCUT2D eigenvalue weighted by Crippen LogP contribution is 2.24.